The Hall–Kier alpha value is -4.38. The average molecular weight is 531 g/mol. The first-order valence-electron chi connectivity index (χ1n) is 12.0. The van der Waals surface area contributed by atoms with Crippen molar-refractivity contribution in [1.29, 1.82) is 0 Å². The molecule has 0 aliphatic carbocycles. The number of nitrogens with one attached hydrogen (secondary N) is 1. The Morgan fingerprint density at radius 3 is 2.61 bits per heavy atom. The Kier molecular flexibility index (Phi) is 6.53. The fourth-order valence-electron chi connectivity index (χ4n) is 4.53. The number of hydrogen-bond donors (Lipinski definition) is 1. The second-order valence-corrected chi connectivity index (χ2v) is 10.4. The summed E-state index contributed by atoms with van der Waals surface area (Å²) in [7, 11) is 1.75. The van der Waals surface area contributed by atoms with Gasteiger partial charge in [0.1, 0.15) is 5.51 Å². The summed E-state index contributed by atoms with van der Waals surface area (Å²) in [5.74, 6) is -0.537. The fourth-order valence-corrected chi connectivity index (χ4v) is 4.97. The van der Waals surface area contributed by atoms with Crippen LogP contribution in [0.3, 0.4) is 0 Å². The maximum Gasteiger partial charge on any atom is 0.390 e. The van der Waals surface area contributed by atoms with Crippen LogP contribution in [-0.4, -0.2) is 45.5 Å². The minimum atomic E-state index is -1.01. The van der Waals surface area contributed by atoms with Crippen LogP contribution in [0.1, 0.15) is 48.2 Å². The van der Waals surface area contributed by atoms with E-state index in [4.69, 9.17) is 9.72 Å². The summed E-state index contributed by atoms with van der Waals surface area (Å²) >= 11 is 1.22. The molecule has 11 heteroatoms. The molecule has 1 aliphatic rings. The van der Waals surface area contributed by atoms with Gasteiger partial charge in [-0.15, -0.1) is 14.9 Å². The highest BCUT2D eigenvalue weighted by atomic mass is 32.1. The zero-order valence-corrected chi connectivity index (χ0v) is 22.2. The molecule has 38 heavy (non-hydrogen) atoms. The Bertz CT molecular complexity index is 1500. The van der Waals surface area contributed by atoms with Crippen molar-refractivity contribution in [3.05, 3.63) is 82.1 Å². The first-order valence-corrected chi connectivity index (χ1v) is 12.9. The van der Waals surface area contributed by atoms with Crippen LogP contribution >= 0.6 is 11.3 Å². The lowest BCUT2D eigenvalue weighted by Gasteiger charge is -2.36. The molecule has 5 rings (SSSR count). The number of ether oxygens (including phenoxy) is 1. The van der Waals surface area contributed by atoms with Crippen LogP contribution in [-0.2, 0) is 4.79 Å². The van der Waals surface area contributed by atoms with Crippen molar-refractivity contribution in [2.75, 3.05) is 18.9 Å². The molecule has 0 radical (unpaired) electrons. The van der Waals surface area contributed by atoms with Crippen LogP contribution in [0.4, 0.5) is 5.13 Å². The molecule has 0 saturated heterocycles. The van der Waals surface area contributed by atoms with Crippen LogP contribution in [0.15, 0.2) is 60.2 Å². The Balaban J connectivity index is 1.54. The molecule has 194 valence electrons. The lowest BCUT2D eigenvalue weighted by Crippen LogP contribution is -2.40. The van der Waals surface area contributed by atoms with Crippen molar-refractivity contribution in [2.45, 2.75) is 26.7 Å². The van der Waals surface area contributed by atoms with Crippen LogP contribution in [0.2, 0.25) is 0 Å². The summed E-state index contributed by atoms with van der Waals surface area (Å²) in [4.78, 5) is 32.3. The lowest BCUT2D eigenvalue weighted by molar-refractivity contribution is -0.612. The molecule has 10 nitrogen and oxygen atoms in total. The third-order valence-electron chi connectivity index (χ3n) is 6.79. The Morgan fingerprint density at radius 2 is 1.92 bits per heavy atom. The molecular formula is C27H26N6O4S. The number of fused-ring (bicyclic) bond motifs is 2. The van der Waals surface area contributed by atoms with Crippen LogP contribution in [0.25, 0.3) is 11.3 Å². The highest BCUT2D eigenvalue weighted by Crippen LogP contribution is 2.51. The summed E-state index contributed by atoms with van der Waals surface area (Å²) in [6.07, 6.45) is 1.35. The molecule has 1 atom stereocenters. The van der Waals surface area contributed by atoms with Gasteiger partial charge in [0.25, 0.3) is 5.91 Å². The zero-order valence-electron chi connectivity index (χ0n) is 21.3. The number of benzene rings is 1. The van der Waals surface area contributed by atoms with Gasteiger partial charge in [-0.1, -0.05) is 43.4 Å². The van der Waals surface area contributed by atoms with Crippen molar-refractivity contribution >= 4 is 28.3 Å². The standard InChI is InChI=1S/C27H26N6O4S/c1-5-32(4)23(34)17-10-8-16(9-11-17)20-13-12-18-21(27(2,3)25(35)30-26-31-28-15-38-26)19-7-6-14-33(36)24(19)37-22(18)29-20/h6-15,21H,5H2,1-4H3,(H,30,31,35). The minimum absolute atomic E-state index is 0.0609. The van der Waals surface area contributed by atoms with Gasteiger partial charge in [0.15, 0.2) is 6.20 Å². The van der Waals surface area contributed by atoms with Gasteiger partial charge in [0.05, 0.1) is 16.7 Å². The van der Waals surface area contributed by atoms with Crippen molar-refractivity contribution < 1.29 is 19.1 Å². The highest BCUT2D eigenvalue weighted by Gasteiger charge is 2.46. The largest absolute Gasteiger partial charge is 0.616 e. The van der Waals surface area contributed by atoms with Crippen LogP contribution in [0, 0.1) is 10.6 Å². The number of rotatable bonds is 6. The highest BCUT2D eigenvalue weighted by molar-refractivity contribution is 7.13. The van der Waals surface area contributed by atoms with Crippen molar-refractivity contribution in [3.8, 4) is 23.0 Å². The first kappa shape index (κ1) is 25.3. The van der Waals surface area contributed by atoms with E-state index < -0.39 is 11.3 Å². The molecule has 3 aromatic heterocycles. The third kappa shape index (κ3) is 4.45. The predicted octanol–water partition coefficient (Wildman–Crippen LogP) is 4.23. The number of anilines is 1. The molecule has 0 saturated carbocycles. The molecule has 1 unspecified atom stereocenters. The second kappa shape index (κ2) is 9.82. The summed E-state index contributed by atoms with van der Waals surface area (Å²) < 4.78 is 6.66. The van der Waals surface area contributed by atoms with Gasteiger partial charge in [-0.3, -0.25) is 9.59 Å². The molecular weight excluding hydrogens is 504 g/mol. The topological polar surface area (TPSA) is 124 Å². The van der Waals surface area contributed by atoms with E-state index in [2.05, 4.69) is 15.5 Å². The summed E-state index contributed by atoms with van der Waals surface area (Å²) in [6, 6.07) is 14.3. The third-order valence-corrected chi connectivity index (χ3v) is 7.39. The van der Waals surface area contributed by atoms with Gasteiger partial charge in [-0.05, 0) is 31.2 Å². The van der Waals surface area contributed by atoms with E-state index in [9.17, 15) is 14.8 Å². The predicted molar refractivity (Wildman–Crippen MR) is 142 cm³/mol. The molecule has 0 bridgehead atoms. The quantitative estimate of drug-likeness (QED) is 0.292. The fraction of sp³-hybridized carbons (Fsp3) is 0.259. The maximum atomic E-state index is 13.4. The smallest absolute Gasteiger partial charge is 0.390 e. The van der Waals surface area contributed by atoms with Crippen LogP contribution < -0.4 is 14.8 Å². The molecule has 2 amide bonds. The minimum Gasteiger partial charge on any atom is -0.616 e. The molecule has 0 spiro atoms. The van der Waals surface area contributed by atoms with Crippen LogP contribution in [0.5, 0.6) is 11.8 Å². The Labute approximate surface area is 223 Å². The number of aromatic nitrogens is 4. The average Bonchev–Trinajstić information content (AvgIpc) is 3.44. The number of carbonyl (C=O) groups is 2. The Morgan fingerprint density at radius 1 is 1.16 bits per heavy atom. The number of hydrogen-bond acceptors (Lipinski definition) is 8. The lowest BCUT2D eigenvalue weighted by atomic mass is 9.70. The normalized spacial score (nSPS) is 14.2. The van der Waals surface area contributed by atoms with E-state index in [1.807, 2.05) is 45.0 Å². The second-order valence-electron chi connectivity index (χ2n) is 9.54. The van der Waals surface area contributed by atoms with Gasteiger partial charge >= 0.3 is 5.88 Å². The molecule has 4 aromatic rings. The molecule has 1 aliphatic heterocycles. The van der Waals surface area contributed by atoms with E-state index in [-0.39, 0.29) is 23.6 Å². The summed E-state index contributed by atoms with van der Waals surface area (Å²) in [6.45, 7) is 6.15. The number of nitrogens with zero attached hydrogens (tertiary/aromatic N) is 5. The summed E-state index contributed by atoms with van der Waals surface area (Å²) in [5.41, 5.74) is 3.77. The number of amides is 2. The SMILES string of the molecule is CCN(C)C(=O)c1ccc(-c2ccc3c(n2)Oc2c(ccc[n+]2[O-])C3C(C)(C)C(=O)Nc2nncs2)cc1. The van der Waals surface area contributed by atoms with Gasteiger partial charge < -0.3 is 20.2 Å². The van der Waals surface area contributed by atoms with E-state index in [1.165, 1.54) is 23.0 Å². The molecule has 0 fully saturated rings. The summed E-state index contributed by atoms with van der Waals surface area (Å²) in [5, 5.41) is 23.6. The monoisotopic (exact) mass is 530 g/mol. The molecule has 4 heterocycles. The van der Waals surface area contributed by atoms with E-state index >= 15 is 0 Å². The molecule has 1 N–H and O–H groups in total. The maximum absolute atomic E-state index is 13.4. The van der Waals surface area contributed by atoms with Crippen molar-refractivity contribution in [2.24, 2.45) is 5.41 Å². The zero-order chi connectivity index (χ0) is 27.0. The first-order chi connectivity index (χ1) is 18.2. The van der Waals surface area contributed by atoms with E-state index in [0.29, 0.717) is 38.8 Å². The number of pyridine rings is 2. The van der Waals surface area contributed by atoms with Gasteiger partial charge in [-0.2, -0.15) is 0 Å². The van der Waals surface area contributed by atoms with Gasteiger partial charge in [0, 0.05) is 42.3 Å². The molecule has 1 aromatic carbocycles. The van der Waals surface area contributed by atoms with Crippen molar-refractivity contribution in [3.63, 3.8) is 0 Å². The number of carbonyl (C=O) groups excluding carboxylic acids is 2. The van der Waals surface area contributed by atoms with E-state index in [0.717, 1.165) is 5.56 Å². The van der Waals surface area contributed by atoms with Gasteiger partial charge in [-0.25, -0.2) is 4.98 Å². The van der Waals surface area contributed by atoms with E-state index in [1.54, 1.807) is 36.2 Å². The van der Waals surface area contributed by atoms with Gasteiger partial charge in [0.2, 0.25) is 16.9 Å². The van der Waals surface area contributed by atoms with Crippen molar-refractivity contribution in [1.82, 2.24) is 20.1 Å².